The van der Waals surface area contributed by atoms with Crippen molar-refractivity contribution in [3.05, 3.63) is 76.0 Å². The third kappa shape index (κ3) is 3.70. The van der Waals surface area contributed by atoms with E-state index < -0.39 is 0 Å². The number of aryl methyl sites for hydroxylation is 2. The van der Waals surface area contributed by atoms with Gasteiger partial charge in [-0.25, -0.2) is 0 Å². The van der Waals surface area contributed by atoms with E-state index in [0.29, 0.717) is 18.5 Å². The average Bonchev–Trinajstić information content (AvgIpc) is 3.26. The molecule has 1 aliphatic carbocycles. The smallest absolute Gasteiger partial charge is 0.251 e. The summed E-state index contributed by atoms with van der Waals surface area (Å²) in [5.41, 5.74) is 8.01. The summed E-state index contributed by atoms with van der Waals surface area (Å²) in [6.45, 7) is 6.90. The molecule has 0 spiro atoms. The van der Waals surface area contributed by atoms with Crippen LogP contribution >= 0.6 is 0 Å². The minimum Gasteiger partial charge on any atom is -0.364 e. The number of hydrogen-bond donors (Lipinski definition) is 2. The van der Waals surface area contributed by atoms with Gasteiger partial charge in [-0.1, -0.05) is 6.92 Å². The second kappa shape index (κ2) is 8.40. The lowest BCUT2D eigenvalue weighted by atomic mass is 9.81. The number of aromatic amines is 2. The van der Waals surface area contributed by atoms with Crippen LogP contribution in [0.3, 0.4) is 0 Å². The van der Waals surface area contributed by atoms with Gasteiger partial charge in [0.05, 0.1) is 34.3 Å². The fraction of sp³-hybridized carbons (Fsp3) is 0.370. The highest BCUT2D eigenvalue weighted by atomic mass is 16.1. The summed E-state index contributed by atoms with van der Waals surface area (Å²) in [5, 5.41) is 0. The Morgan fingerprint density at radius 2 is 1.88 bits per heavy atom. The first kappa shape index (κ1) is 21.1. The molecule has 1 aliphatic heterocycles. The van der Waals surface area contributed by atoms with Crippen LogP contribution in [0.2, 0.25) is 0 Å². The molecule has 4 aromatic heterocycles. The van der Waals surface area contributed by atoms with Crippen LogP contribution < -0.4 is 10.5 Å². The summed E-state index contributed by atoms with van der Waals surface area (Å²) in [5.74, 6) is 0. The minimum absolute atomic E-state index is 0.00681. The molecule has 1 saturated heterocycles. The number of aromatic nitrogens is 4. The van der Waals surface area contributed by atoms with E-state index in [2.05, 4.69) is 62.0 Å². The number of anilines is 1. The first-order chi connectivity index (χ1) is 16.6. The number of fused-ring (bicyclic) bond motifs is 2. The summed E-state index contributed by atoms with van der Waals surface area (Å²) in [6, 6.07) is 13.5. The van der Waals surface area contributed by atoms with E-state index in [-0.39, 0.29) is 5.56 Å². The molecule has 5 heterocycles. The second-order valence-corrected chi connectivity index (χ2v) is 9.59. The lowest BCUT2D eigenvalue weighted by Crippen LogP contribution is -2.64. The summed E-state index contributed by atoms with van der Waals surface area (Å²) in [7, 11) is 0. The molecule has 2 atom stereocenters. The van der Waals surface area contributed by atoms with E-state index in [1.807, 2.05) is 25.4 Å². The highest BCUT2D eigenvalue weighted by molar-refractivity contribution is 5.74. The third-order valence-corrected chi connectivity index (χ3v) is 7.48. The lowest BCUT2D eigenvalue weighted by Gasteiger charge is -2.54. The van der Waals surface area contributed by atoms with Crippen molar-refractivity contribution in [3.63, 3.8) is 0 Å². The van der Waals surface area contributed by atoms with Crippen molar-refractivity contribution in [2.45, 2.75) is 51.7 Å². The average molecular weight is 455 g/mol. The predicted molar refractivity (Wildman–Crippen MR) is 135 cm³/mol. The Balaban J connectivity index is 1.17. The van der Waals surface area contributed by atoms with E-state index >= 15 is 0 Å². The van der Waals surface area contributed by atoms with Crippen LogP contribution in [0.4, 0.5) is 5.69 Å². The van der Waals surface area contributed by atoms with Gasteiger partial charge in [0.25, 0.3) is 5.56 Å². The van der Waals surface area contributed by atoms with Crippen molar-refractivity contribution in [3.8, 4) is 11.4 Å². The fourth-order valence-corrected chi connectivity index (χ4v) is 5.46. The first-order valence-electron chi connectivity index (χ1n) is 12.2. The molecule has 34 heavy (non-hydrogen) atoms. The number of nitrogens with zero attached hydrogens (tertiary/aromatic N) is 4. The topological polar surface area (TPSA) is 80.9 Å². The number of piperazine rings is 1. The Morgan fingerprint density at radius 3 is 2.59 bits per heavy atom. The molecule has 2 fully saturated rings. The molecule has 0 bridgehead atoms. The molecular weight excluding hydrogens is 424 g/mol. The van der Waals surface area contributed by atoms with E-state index in [0.717, 1.165) is 58.9 Å². The Bertz CT molecular complexity index is 1390. The van der Waals surface area contributed by atoms with Crippen molar-refractivity contribution < 1.29 is 0 Å². The molecule has 7 nitrogen and oxygen atoms in total. The van der Waals surface area contributed by atoms with Gasteiger partial charge in [-0.3, -0.25) is 19.7 Å². The summed E-state index contributed by atoms with van der Waals surface area (Å²) < 4.78 is 0. The zero-order valence-corrected chi connectivity index (χ0v) is 19.7. The van der Waals surface area contributed by atoms with Crippen molar-refractivity contribution in [1.29, 1.82) is 0 Å². The number of pyridine rings is 3. The van der Waals surface area contributed by atoms with Gasteiger partial charge in [0.2, 0.25) is 0 Å². The van der Waals surface area contributed by atoms with Gasteiger partial charge in [-0.2, -0.15) is 0 Å². The Morgan fingerprint density at radius 1 is 1.00 bits per heavy atom. The zero-order valence-electron chi connectivity index (χ0n) is 19.7. The Labute approximate surface area is 198 Å². The summed E-state index contributed by atoms with van der Waals surface area (Å²) in [4.78, 5) is 33.1. The molecule has 2 unspecified atom stereocenters. The van der Waals surface area contributed by atoms with Crippen LogP contribution in [0.1, 0.15) is 36.6 Å². The maximum absolute atomic E-state index is 12.2. The molecule has 174 valence electrons. The second-order valence-electron chi connectivity index (χ2n) is 9.59. The van der Waals surface area contributed by atoms with Gasteiger partial charge in [0.15, 0.2) is 0 Å². The van der Waals surface area contributed by atoms with E-state index in [1.165, 1.54) is 18.5 Å². The monoisotopic (exact) mass is 454 g/mol. The molecule has 0 amide bonds. The third-order valence-electron chi connectivity index (χ3n) is 7.48. The van der Waals surface area contributed by atoms with E-state index in [4.69, 9.17) is 4.98 Å². The fourth-order valence-electron chi connectivity index (χ4n) is 5.46. The van der Waals surface area contributed by atoms with Gasteiger partial charge in [0, 0.05) is 49.2 Å². The van der Waals surface area contributed by atoms with Gasteiger partial charge in [-0.15, -0.1) is 0 Å². The zero-order chi connectivity index (χ0) is 23.2. The van der Waals surface area contributed by atoms with Crippen LogP contribution in [0.15, 0.2) is 53.6 Å². The standard InChI is InChI=1S/C27H30N6O/c1-3-19-13-23-24(31-27(19)34)12-18(14-28-23)16-32-10-11-33(26-9-8-25(26)32)20-5-7-21(29-15-20)22-6-4-17(2)30-22/h4-7,12-15,25-26,30H,3,8-11,16H2,1-2H3,(H,31,34). The van der Waals surface area contributed by atoms with Crippen molar-refractivity contribution in [2.24, 2.45) is 0 Å². The SMILES string of the molecule is CCc1cc2ncc(CN3CCN(c4ccc(-c5ccc(C)[nH]5)nc4)C4CCC43)cc2[nH]c1=O. The molecule has 2 aliphatic rings. The van der Waals surface area contributed by atoms with Gasteiger partial charge in [0.1, 0.15) is 0 Å². The lowest BCUT2D eigenvalue weighted by molar-refractivity contribution is 0.0659. The number of rotatable bonds is 5. The quantitative estimate of drug-likeness (QED) is 0.476. The molecule has 6 rings (SSSR count). The minimum atomic E-state index is -0.00681. The molecule has 0 radical (unpaired) electrons. The highest BCUT2D eigenvalue weighted by Gasteiger charge is 2.42. The number of nitrogens with one attached hydrogen (secondary N) is 2. The molecule has 4 aromatic rings. The molecule has 2 N–H and O–H groups in total. The highest BCUT2D eigenvalue weighted by Crippen LogP contribution is 2.37. The van der Waals surface area contributed by atoms with Crippen LogP contribution in [0, 0.1) is 6.92 Å². The van der Waals surface area contributed by atoms with Crippen molar-refractivity contribution in [2.75, 3.05) is 18.0 Å². The number of H-pyrrole nitrogens is 2. The molecular formula is C27H30N6O. The molecule has 0 aromatic carbocycles. The molecule has 7 heteroatoms. The van der Waals surface area contributed by atoms with Crippen LogP contribution in [0.5, 0.6) is 0 Å². The number of hydrogen-bond acceptors (Lipinski definition) is 5. The summed E-state index contributed by atoms with van der Waals surface area (Å²) >= 11 is 0. The maximum Gasteiger partial charge on any atom is 0.251 e. The maximum atomic E-state index is 12.2. The van der Waals surface area contributed by atoms with Crippen LogP contribution in [0.25, 0.3) is 22.4 Å². The van der Waals surface area contributed by atoms with E-state index in [9.17, 15) is 4.79 Å². The first-order valence-corrected chi connectivity index (χ1v) is 12.2. The van der Waals surface area contributed by atoms with Gasteiger partial charge >= 0.3 is 0 Å². The van der Waals surface area contributed by atoms with Crippen LogP contribution in [-0.2, 0) is 13.0 Å². The van der Waals surface area contributed by atoms with Crippen LogP contribution in [-0.4, -0.2) is 50.0 Å². The van der Waals surface area contributed by atoms with Gasteiger partial charge in [-0.05, 0) is 68.1 Å². The van der Waals surface area contributed by atoms with Crippen molar-refractivity contribution in [1.82, 2.24) is 24.8 Å². The van der Waals surface area contributed by atoms with Gasteiger partial charge < -0.3 is 14.9 Å². The Hall–Kier alpha value is -3.45. The Kier molecular flexibility index (Phi) is 5.21. The van der Waals surface area contributed by atoms with Crippen molar-refractivity contribution >= 4 is 16.7 Å². The largest absolute Gasteiger partial charge is 0.364 e. The predicted octanol–water partition coefficient (Wildman–Crippen LogP) is 4.04. The molecule has 1 saturated carbocycles. The van der Waals surface area contributed by atoms with E-state index in [1.54, 1.807) is 0 Å². The summed E-state index contributed by atoms with van der Waals surface area (Å²) in [6.07, 6.45) is 7.12. The normalized spacial score (nSPS) is 20.4.